The van der Waals surface area contributed by atoms with Crippen molar-refractivity contribution in [1.82, 2.24) is 10.2 Å². The topological polar surface area (TPSA) is 82.1 Å². The Morgan fingerprint density at radius 1 is 1.18 bits per heavy atom. The molecule has 7 nitrogen and oxygen atoms in total. The van der Waals surface area contributed by atoms with Crippen LogP contribution in [0.4, 0.5) is 14.9 Å². The number of rotatable bonds is 7. The Bertz CT molecular complexity index is 683. The molecular formula is C20H30FN3O4. The number of carbonyl (C=O) groups excluding carboxylic acids is 1. The fourth-order valence-electron chi connectivity index (χ4n) is 3.07. The lowest BCUT2D eigenvalue weighted by Crippen LogP contribution is -2.46. The first-order chi connectivity index (χ1) is 13.2. The third kappa shape index (κ3) is 6.99. The monoisotopic (exact) mass is 395 g/mol. The lowest BCUT2D eigenvalue weighted by Gasteiger charge is -2.36. The maximum atomic E-state index is 13.9. The molecular weight excluding hydrogens is 365 g/mol. The number of aromatic carboxylic acids is 1. The number of hydrogen-bond donors (Lipinski definition) is 2. The standard InChI is InChI=1S/C20H30FN3O4/c1-20(2,3)28-19(27)22-8-4-5-9-23-10-12-24(13-11-23)15-6-7-16(18(25)26)17(21)14-15/h6-7,14H,4-5,8-13H2,1-3H3,(H,22,27)(H,25,26). The van der Waals surface area contributed by atoms with Crippen LogP contribution in [0.5, 0.6) is 0 Å². The molecule has 1 heterocycles. The van der Waals surface area contributed by atoms with Crippen molar-refractivity contribution in [2.75, 3.05) is 44.2 Å². The highest BCUT2D eigenvalue weighted by atomic mass is 19.1. The van der Waals surface area contributed by atoms with Gasteiger partial charge in [-0.15, -0.1) is 0 Å². The van der Waals surface area contributed by atoms with E-state index < -0.39 is 17.4 Å². The van der Waals surface area contributed by atoms with E-state index in [9.17, 15) is 14.0 Å². The Balaban J connectivity index is 1.65. The smallest absolute Gasteiger partial charge is 0.407 e. The van der Waals surface area contributed by atoms with E-state index in [0.29, 0.717) is 12.2 Å². The average Bonchev–Trinajstić information content (AvgIpc) is 2.60. The third-order valence-corrected chi connectivity index (χ3v) is 4.49. The fourth-order valence-corrected chi connectivity index (χ4v) is 3.07. The predicted molar refractivity (Wildman–Crippen MR) is 105 cm³/mol. The molecule has 0 atom stereocenters. The number of carboxylic acids is 1. The summed E-state index contributed by atoms with van der Waals surface area (Å²) in [6.07, 6.45) is 1.46. The second-order valence-electron chi connectivity index (χ2n) is 7.93. The molecule has 156 valence electrons. The second kappa shape index (κ2) is 9.73. The van der Waals surface area contributed by atoms with Gasteiger partial charge in [-0.3, -0.25) is 4.90 Å². The largest absolute Gasteiger partial charge is 0.478 e. The van der Waals surface area contributed by atoms with E-state index in [-0.39, 0.29) is 11.7 Å². The zero-order valence-electron chi connectivity index (χ0n) is 16.8. The normalized spacial score (nSPS) is 15.4. The summed E-state index contributed by atoms with van der Waals surface area (Å²) in [6, 6.07) is 4.27. The summed E-state index contributed by atoms with van der Waals surface area (Å²) in [4.78, 5) is 26.9. The lowest BCUT2D eigenvalue weighted by molar-refractivity contribution is 0.0526. The van der Waals surface area contributed by atoms with Gasteiger partial charge >= 0.3 is 12.1 Å². The van der Waals surface area contributed by atoms with Crippen LogP contribution in [0.25, 0.3) is 0 Å². The van der Waals surface area contributed by atoms with Gasteiger partial charge in [0.05, 0.1) is 5.56 Å². The minimum atomic E-state index is -1.25. The number of unbranched alkanes of at least 4 members (excludes halogenated alkanes) is 1. The van der Waals surface area contributed by atoms with Crippen molar-refractivity contribution in [3.8, 4) is 0 Å². The number of nitrogens with one attached hydrogen (secondary N) is 1. The van der Waals surface area contributed by atoms with Gasteiger partial charge < -0.3 is 20.1 Å². The number of alkyl carbamates (subject to hydrolysis) is 1. The van der Waals surface area contributed by atoms with Crippen molar-refractivity contribution in [2.24, 2.45) is 0 Å². The van der Waals surface area contributed by atoms with Crippen LogP contribution in [-0.2, 0) is 4.74 Å². The predicted octanol–water partition coefficient (Wildman–Crippen LogP) is 2.95. The quantitative estimate of drug-likeness (QED) is 0.691. The molecule has 0 bridgehead atoms. The van der Waals surface area contributed by atoms with Gasteiger partial charge in [-0.05, 0) is 58.4 Å². The summed E-state index contributed by atoms with van der Waals surface area (Å²) in [5.41, 5.74) is -0.0771. The molecule has 0 unspecified atom stereocenters. The number of nitrogens with zero attached hydrogens (tertiary/aromatic N) is 2. The van der Waals surface area contributed by atoms with E-state index in [1.165, 1.54) is 12.1 Å². The third-order valence-electron chi connectivity index (χ3n) is 4.49. The summed E-state index contributed by atoms with van der Waals surface area (Å²) in [7, 11) is 0. The van der Waals surface area contributed by atoms with E-state index in [4.69, 9.17) is 9.84 Å². The first-order valence-electron chi connectivity index (χ1n) is 9.63. The molecule has 0 aromatic heterocycles. The van der Waals surface area contributed by atoms with Gasteiger partial charge in [0.1, 0.15) is 11.4 Å². The van der Waals surface area contributed by atoms with Gasteiger partial charge in [-0.25, -0.2) is 14.0 Å². The van der Waals surface area contributed by atoms with Gasteiger partial charge in [0.15, 0.2) is 0 Å². The number of hydrogen-bond acceptors (Lipinski definition) is 5. The molecule has 1 fully saturated rings. The van der Waals surface area contributed by atoms with Gasteiger partial charge in [0.25, 0.3) is 0 Å². The van der Waals surface area contributed by atoms with Crippen molar-refractivity contribution in [2.45, 2.75) is 39.2 Å². The molecule has 1 aliphatic rings. The van der Waals surface area contributed by atoms with Crippen molar-refractivity contribution in [3.63, 3.8) is 0 Å². The molecule has 1 amide bonds. The van der Waals surface area contributed by atoms with Crippen molar-refractivity contribution >= 4 is 17.7 Å². The van der Waals surface area contributed by atoms with Crippen LogP contribution in [0, 0.1) is 5.82 Å². The lowest BCUT2D eigenvalue weighted by atomic mass is 10.1. The van der Waals surface area contributed by atoms with Crippen LogP contribution in [0.1, 0.15) is 44.0 Å². The Morgan fingerprint density at radius 2 is 1.86 bits per heavy atom. The maximum absolute atomic E-state index is 13.9. The van der Waals surface area contributed by atoms with Gasteiger partial charge in [-0.1, -0.05) is 0 Å². The fraction of sp³-hybridized carbons (Fsp3) is 0.600. The van der Waals surface area contributed by atoms with Gasteiger partial charge in [0, 0.05) is 38.4 Å². The zero-order valence-corrected chi connectivity index (χ0v) is 16.8. The van der Waals surface area contributed by atoms with Crippen LogP contribution >= 0.6 is 0 Å². The minimum absolute atomic E-state index is 0.303. The molecule has 0 radical (unpaired) electrons. The summed E-state index contributed by atoms with van der Waals surface area (Å²) in [6.45, 7) is 10.3. The Morgan fingerprint density at radius 3 is 2.43 bits per heavy atom. The highest BCUT2D eigenvalue weighted by molar-refractivity contribution is 5.88. The molecule has 8 heteroatoms. The van der Waals surface area contributed by atoms with Gasteiger partial charge in [0.2, 0.25) is 0 Å². The zero-order chi connectivity index (χ0) is 20.7. The number of benzene rings is 1. The van der Waals surface area contributed by atoms with E-state index in [1.54, 1.807) is 6.07 Å². The van der Waals surface area contributed by atoms with E-state index in [2.05, 4.69) is 15.1 Å². The number of amides is 1. The van der Waals surface area contributed by atoms with Crippen LogP contribution in [0.3, 0.4) is 0 Å². The summed E-state index contributed by atoms with van der Waals surface area (Å²) in [5, 5.41) is 11.7. The van der Waals surface area contributed by atoms with Crippen LogP contribution in [-0.4, -0.2) is 66.9 Å². The van der Waals surface area contributed by atoms with Crippen molar-refractivity contribution in [3.05, 3.63) is 29.6 Å². The average molecular weight is 395 g/mol. The number of piperazine rings is 1. The van der Waals surface area contributed by atoms with Crippen LogP contribution in [0.15, 0.2) is 18.2 Å². The first kappa shape index (κ1) is 21.9. The Hall–Kier alpha value is -2.35. The maximum Gasteiger partial charge on any atom is 0.407 e. The minimum Gasteiger partial charge on any atom is -0.478 e. The summed E-state index contributed by atoms with van der Waals surface area (Å²) in [5.74, 6) is -1.96. The highest BCUT2D eigenvalue weighted by Crippen LogP contribution is 2.20. The summed E-state index contributed by atoms with van der Waals surface area (Å²) >= 11 is 0. The van der Waals surface area contributed by atoms with Gasteiger partial charge in [-0.2, -0.15) is 0 Å². The molecule has 0 spiro atoms. The first-order valence-corrected chi connectivity index (χ1v) is 9.63. The molecule has 2 rings (SSSR count). The van der Waals surface area contributed by atoms with E-state index in [0.717, 1.165) is 45.6 Å². The Labute approximate surface area is 165 Å². The number of ether oxygens (including phenoxy) is 1. The van der Waals surface area contributed by atoms with E-state index in [1.807, 2.05) is 20.8 Å². The molecule has 28 heavy (non-hydrogen) atoms. The number of anilines is 1. The molecule has 1 saturated heterocycles. The highest BCUT2D eigenvalue weighted by Gasteiger charge is 2.19. The number of carboxylic acid groups (broad SMARTS) is 1. The van der Waals surface area contributed by atoms with Crippen LogP contribution < -0.4 is 10.2 Å². The molecule has 2 N–H and O–H groups in total. The second-order valence-corrected chi connectivity index (χ2v) is 7.93. The van der Waals surface area contributed by atoms with Crippen LogP contribution in [0.2, 0.25) is 0 Å². The number of carbonyl (C=O) groups is 2. The molecule has 1 aromatic rings. The summed E-state index contributed by atoms with van der Waals surface area (Å²) < 4.78 is 19.1. The van der Waals surface area contributed by atoms with Crippen molar-refractivity contribution < 1.29 is 23.8 Å². The van der Waals surface area contributed by atoms with Crippen molar-refractivity contribution in [1.29, 1.82) is 0 Å². The number of halogens is 1. The molecule has 0 saturated carbocycles. The molecule has 1 aliphatic heterocycles. The van der Waals surface area contributed by atoms with E-state index >= 15 is 0 Å². The Kier molecular flexibility index (Phi) is 7.62. The molecule has 1 aromatic carbocycles. The SMILES string of the molecule is CC(C)(C)OC(=O)NCCCCN1CCN(c2ccc(C(=O)O)c(F)c2)CC1. The molecule has 0 aliphatic carbocycles.